The molecule has 1 aromatic heterocycles. The molecule has 2 fully saturated rings. The van der Waals surface area contributed by atoms with Gasteiger partial charge in [0, 0.05) is 12.6 Å². The third-order valence-electron chi connectivity index (χ3n) is 5.26. The predicted octanol–water partition coefficient (Wildman–Crippen LogP) is 2.33. The third-order valence-corrected chi connectivity index (χ3v) is 5.26. The molecule has 1 N–H and O–H groups in total. The van der Waals surface area contributed by atoms with Crippen molar-refractivity contribution < 1.29 is 18.5 Å². The highest BCUT2D eigenvalue weighted by molar-refractivity contribution is 6.02. The molecule has 4 rings (SSSR count). The molecule has 2 saturated heterocycles. The topological polar surface area (TPSA) is 78.7 Å². The average Bonchev–Trinajstić information content (AvgIpc) is 3.37. The van der Waals surface area contributed by atoms with Gasteiger partial charge in [-0.3, -0.25) is 14.5 Å². The number of rotatable bonds is 5. The molecule has 28 heavy (non-hydrogen) atoms. The molecule has 2 aliphatic heterocycles. The Kier molecular flexibility index (Phi) is 5.38. The molecule has 0 aliphatic carbocycles. The minimum Gasteiger partial charge on any atom is -0.359 e. The smallest absolute Gasteiger partial charge is 0.274 e. The first kappa shape index (κ1) is 18.6. The summed E-state index contributed by atoms with van der Waals surface area (Å²) in [6.07, 6.45) is 3.52. The fourth-order valence-corrected chi connectivity index (χ4v) is 3.81. The van der Waals surface area contributed by atoms with E-state index in [2.05, 4.69) is 15.4 Å². The van der Waals surface area contributed by atoms with Crippen LogP contribution in [0.25, 0.3) is 0 Å². The maximum absolute atomic E-state index is 14.1. The summed E-state index contributed by atoms with van der Waals surface area (Å²) in [6.45, 7) is 3.09. The van der Waals surface area contributed by atoms with Crippen molar-refractivity contribution in [1.29, 1.82) is 0 Å². The molecule has 2 aromatic rings. The van der Waals surface area contributed by atoms with E-state index in [1.54, 1.807) is 24.3 Å². The quantitative estimate of drug-likeness (QED) is 0.853. The van der Waals surface area contributed by atoms with Crippen molar-refractivity contribution in [2.45, 2.75) is 38.3 Å². The summed E-state index contributed by atoms with van der Waals surface area (Å²) in [5.41, 5.74) is 0.394. The number of piperidine rings is 1. The molecule has 1 aromatic carbocycles. The number of hydrogen-bond acceptors (Lipinski definition) is 5. The van der Waals surface area contributed by atoms with Gasteiger partial charge in [0.15, 0.2) is 11.5 Å². The van der Waals surface area contributed by atoms with Gasteiger partial charge in [-0.15, -0.1) is 0 Å². The van der Waals surface area contributed by atoms with Crippen LogP contribution >= 0.6 is 0 Å². The molecular weight excluding hydrogens is 363 g/mol. The maximum atomic E-state index is 14.1. The second-order valence-electron chi connectivity index (χ2n) is 7.27. The van der Waals surface area contributed by atoms with Crippen LogP contribution in [0.4, 0.5) is 10.1 Å². The van der Waals surface area contributed by atoms with E-state index in [-0.39, 0.29) is 17.3 Å². The molecule has 0 radical (unpaired) electrons. The number of carbonyl (C=O) groups is 2. The fourth-order valence-electron chi connectivity index (χ4n) is 3.81. The summed E-state index contributed by atoms with van der Waals surface area (Å²) in [5, 5.41) is 6.56. The molecule has 0 saturated carbocycles. The van der Waals surface area contributed by atoms with Crippen molar-refractivity contribution >= 4 is 17.5 Å². The largest absolute Gasteiger partial charge is 0.359 e. The van der Waals surface area contributed by atoms with Gasteiger partial charge in [0.1, 0.15) is 11.9 Å². The lowest BCUT2D eigenvalue weighted by Gasteiger charge is -2.32. The zero-order valence-electron chi connectivity index (χ0n) is 15.6. The summed E-state index contributed by atoms with van der Waals surface area (Å²) in [4.78, 5) is 28.9. The number of halogens is 1. The van der Waals surface area contributed by atoms with E-state index in [9.17, 15) is 14.0 Å². The Balaban J connectivity index is 1.40. The van der Waals surface area contributed by atoms with Crippen molar-refractivity contribution in [3.05, 3.63) is 47.6 Å². The molecule has 0 bridgehead atoms. The van der Waals surface area contributed by atoms with E-state index in [1.807, 2.05) is 0 Å². The monoisotopic (exact) mass is 386 g/mol. The fraction of sp³-hybridized carbons (Fsp3) is 0.450. The van der Waals surface area contributed by atoms with Crippen LogP contribution in [0.5, 0.6) is 0 Å². The second-order valence-corrected chi connectivity index (χ2v) is 7.27. The van der Waals surface area contributed by atoms with Gasteiger partial charge in [-0.1, -0.05) is 17.3 Å². The lowest BCUT2D eigenvalue weighted by molar-refractivity contribution is -0.121. The van der Waals surface area contributed by atoms with Gasteiger partial charge in [0.05, 0.1) is 12.2 Å². The Morgan fingerprint density at radius 2 is 2.00 bits per heavy atom. The van der Waals surface area contributed by atoms with Gasteiger partial charge >= 0.3 is 0 Å². The van der Waals surface area contributed by atoms with Crippen molar-refractivity contribution in [2.24, 2.45) is 0 Å². The SMILES string of the molecule is O=C(NC1CCCN(c2ccccc2F)C1=O)c1cc(CN2CCCC2)on1. The molecule has 0 spiro atoms. The van der Waals surface area contributed by atoms with Crippen LogP contribution in [0.2, 0.25) is 0 Å². The van der Waals surface area contributed by atoms with E-state index in [0.717, 1.165) is 13.1 Å². The average molecular weight is 386 g/mol. The van der Waals surface area contributed by atoms with Crippen molar-refractivity contribution in [1.82, 2.24) is 15.4 Å². The lowest BCUT2D eigenvalue weighted by Crippen LogP contribution is -2.52. The highest BCUT2D eigenvalue weighted by Crippen LogP contribution is 2.24. The predicted molar refractivity (Wildman–Crippen MR) is 100 cm³/mol. The first-order chi connectivity index (χ1) is 13.6. The van der Waals surface area contributed by atoms with Crippen LogP contribution in [0.15, 0.2) is 34.9 Å². The summed E-state index contributed by atoms with van der Waals surface area (Å²) in [5.74, 6) is -0.587. The van der Waals surface area contributed by atoms with Gasteiger partial charge in [-0.05, 0) is 50.9 Å². The number of para-hydroxylation sites is 1. The van der Waals surface area contributed by atoms with Crippen LogP contribution in [0, 0.1) is 5.82 Å². The standard InChI is InChI=1S/C20H23FN4O3/c21-15-6-1-2-8-18(15)25-11-5-7-16(20(25)27)22-19(26)17-12-14(28-23-17)13-24-9-3-4-10-24/h1-2,6,8,12,16H,3-5,7,9-11,13H2,(H,22,26). The zero-order chi connectivity index (χ0) is 19.5. The Bertz CT molecular complexity index is 863. The number of amides is 2. The molecular formula is C20H23FN4O3. The molecule has 1 unspecified atom stereocenters. The Morgan fingerprint density at radius 3 is 2.79 bits per heavy atom. The number of likely N-dealkylation sites (tertiary alicyclic amines) is 1. The third kappa shape index (κ3) is 3.91. The number of benzene rings is 1. The van der Waals surface area contributed by atoms with Crippen LogP contribution in [0.1, 0.15) is 41.9 Å². The van der Waals surface area contributed by atoms with Crippen molar-refractivity contribution in [3.63, 3.8) is 0 Å². The summed E-state index contributed by atoms with van der Waals surface area (Å²) >= 11 is 0. The van der Waals surface area contributed by atoms with Gasteiger partial charge in [0.25, 0.3) is 5.91 Å². The highest BCUT2D eigenvalue weighted by Gasteiger charge is 2.32. The Hall–Kier alpha value is -2.74. The summed E-state index contributed by atoms with van der Waals surface area (Å²) in [6, 6.07) is 7.07. The van der Waals surface area contributed by atoms with Gasteiger partial charge in [0.2, 0.25) is 5.91 Å². The van der Waals surface area contributed by atoms with E-state index < -0.39 is 17.8 Å². The van der Waals surface area contributed by atoms with E-state index in [4.69, 9.17) is 4.52 Å². The second kappa shape index (κ2) is 8.10. The van der Waals surface area contributed by atoms with Crippen LogP contribution in [0.3, 0.4) is 0 Å². The highest BCUT2D eigenvalue weighted by atomic mass is 19.1. The van der Waals surface area contributed by atoms with E-state index in [1.165, 1.54) is 23.8 Å². The molecule has 8 heteroatoms. The molecule has 7 nitrogen and oxygen atoms in total. The normalized spacial score (nSPS) is 20.5. The first-order valence-electron chi connectivity index (χ1n) is 9.66. The molecule has 148 valence electrons. The summed E-state index contributed by atoms with van der Waals surface area (Å²) in [7, 11) is 0. The number of nitrogens with zero attached hydrogens (tertiary/aromatic N) is 3. The van der Waals surface area contributed by atoms with Crippen LogP contribution in [-0.2, 0) is 11.3 Å². The van der Waals surface area contributed by atoms with Crippen molar-refractivity contribution in [2.75, 3.05) is 24.5 Å². The van der Waals surface area contributed by atoms with Gasteiger partial charge in [-0.2, -0.15) is 0 Å². The van der Waals surface area contributed by atoms with Gasteiger partial charge < -0.3 is 14.7 Å². The Labute approximate surface area is 162 Å². The zero-order valence-corrected chi connectivity index (χ0v) is 15.6. The molecule has 3 heterocycles. The molecule has 1 atom stereocenters. The number of anilines is 1. The minimum absolute atomic E-state index is 0.157. The van der Waals surface area contributed by atoms with Crippen LogP contribution < -0.4 is 10.2 Å². The Morgan fingerprint density at radius 1 is 1.21 bits per heavy atom. The van der Waals surface area contributed by atoms with Crippen molar-refractivity contribution in [3.8, 4) is 0 Å². The minimum atomic E-state index is -0.709. The molecule has 2 amide bonds. The molecule has 2 aliphatic rings. The number of aromatic nitrogens is 1. The van der Waals surface area contributed by atoms with E-state index >= 15 is 0 Å². The van der Waals surface area contributed by atoms with Crippen LogP contribution in [-0.4, -0.2) is 47.5 Å². The first-order valence-corrected chi connectivity index (χ1v) is 9.66. The maximum Gasteiger partial charge on any atom is 0.274 e. The summed E-state index contributed by atoms with van der Waals surface area (Å²) < 4.78 is 19.3. The lowest BCUT2D eigenvalue weighted by atomic mass is 10.0. The van der Waals surface area contributed by atoms with E-state index in [0.29, 0.717) is 31.7 Å². The number of hydrogen-bond donors (Lipinski definition) is 1. The van der Waals surface area contributed by atoms with Gasteiger partial charge in [-0.25, -0.2) is 4.39 Å². The number of carbonyl (C=O) groups excluding carboxylic acids is 2. The number of nitrogens with one attached hydrogen (secondary N) is 1.